The van der Waals surface area contributed by atoms with Crippen molar-refractivity contribution in [2.45, 2.75) is 62.6 Å². The van der Waals surface area contributed by atoms with Crippen LogP contribution >= 0.6 is 45.9 Å². The van der Waals surface area contributed by atoms with Gasteiger partial charge in [-0.15, -0.1) is 22.7 Å². The highest BCUT2D eigenvalue weighted by Gasteiger charge is 2.56. The number of hydrogen-bond acceptors (Lipinski definition) is 12. The van der Waals surface area contributed by atoms with Gasteiger partial charge in [-0.25, -0.2) is 28.1 Å². The van der Waals surface area contributed by atoms with Crippen molar-refractivity contribution in [2.75, 3.05) is 19.7 Å². The van der Waals surface area contributed by atoms with Crippen LogP contribution in [0.25, 0.3) is 11.1 Å². The Labute approximate surface area is 384 Å². The van der Waals surface area contributed by atoms with Crippen molar-refractivity contribution in [1.82, 2.24) is 39.3 Å². The molecule has 2 aromatic carbocycles. The van der Waals surface area contributed by atoms with E-state index in [1.54, 1.807) is 24.5 Å². The van der Waals surface area contributed by atoms with Crippen LogP contribution in [0.1, 0.15) is 83.9 Å². The van der Waals surface area contributed by atoms with Crippen LogP contribution in [-0.4, -0.2) is 87.0 Å². The Morgan fingerprint density at radius 2 is 1.22 bits per heavy atom. The van der Waals surface area contributed by atoms with Gasteiger partial charge in [-0.3, -0.25) is 9.98 Å². The number of aliphatic imine (C=N–C) groups is 2. The summed E-state index contributed by atoms with van der Waals surface area (Å²) < 4.78 is 87.7. The van der Waals surface area contributed by atoms with Crippen LogP contribution in [0.15, 0.2) is 105 Å². The molecule has 5 aliphatic heterocycles. The molecule has 12 nitrogen and oxygen atoms in total. The summed E-state index contributed by atoms with van der Waals surface area (Å²) >= 11 is 15.7. The van der Waals surface area contributed by atoms with Crippen molar-refractivity contribution in [3.63, 3.8) is 0 Å². The highest BCUT2D eigenvalue weighted by atomic mass is 35.5. The number of epoxide rings is 1. The number of rotatable bonds is 9. The number of halogens is 8. The van der Waals surface area contributed by atoms with E-state index in [2.05, 4.69) is 20.2 Å². The van der Waals surface area contributed by atoms with Gasteiger partial charge in [0.1, 0.15) is 29.3 Å². The third-order valence-electron chi connectivity index (χ3n) is 11.9. The van der Waals surface area contributed by atoms with Crippen LogP contribution < -0.4 is 0 Å². The Morgan fingerprint density at radius 3 is 1.62 bits per heavy atom. The fraction of sp³-hybridized carbons (Fsp3) is 0.302. The molecule has 22 heteroatoms. The van der Waals surface area contributed by atoms with Gasteiger partial charge in [0.05, 0.1) is 36.7 Å². The Bertz CT molecular complexity index is 2920. The molecule has 0 radical (unpaired) electrons. The summed E-state index contributed by atoms with van der Waals surface area (Å²) in [5.74, 6) is 0.238. The van der Waals surface area contributed by atoms with E-state index < -0.39 is 42.4 Å². The first-order valence-electron chi connectivity index (χ1n) is 20.1. The first-order valence-corrected chi connectivity index (χ1v) is 22.7. The molecule has 3 fully saturated rings. The van der Waals surface area contributed by atoms with E-state index >= 15 is 0 Å². The number of alkyl halides is 4. The Balaban J connectivity index is 0.000000153. The van der Waals surface area contributed by atoms with Crippen molar-refractivity contribution < 1.29 is 36.2 Å². The largest absolute Gasteiger partial charge is 0.388 e. The zero-order valence-corrected chi connectivity index (χ0v) is 36.9. The van der Waals surface area contributed by atoms with Gasteiger partial charge in [0.2, 0.25) is 0 Å². The van der Waals surface area contributed by atoms with Crippen molar-refractivity contribution >= 4 is 68.7 Å². The number of fused-ring (bicyclic) bond motifs is 2. The van der Waals surface area contributed by atoms with Gasteiger partial charge in [0.25, 0.3) is 0 Å². The molecule has 0 amide bonds. The molecule has 65 heavy (non-hydrogen) atoms. The summed E-state index contributed by atoms with van der Waals surface area (Å²) in [7, 11) is 0. The van der Waals surface area contributed by atoms with Crippen LogP contribution in [-0.2, 0) is 4.74 Å². The Hall–Kier alpha value is -5.38. The topological polar surface area (TPSA) is 125 Å². The third kappa shape index (κ3) is 8.07. The summed E-state index contributed by atoms with van der Waals surface area (Å²) in [4.78, 5) is 22.6. The molecular formula is C43H34Cl2F6N10O2S2. The summed E-state index contributed by atoms with van der Waals surface area (Å²) in [6.07, 6.45) is 7.14. The van der Waals surface area contributed by atoms with Crippen LogP contribution in [0.4, 0.5) is 26.3 Å². The maximum absolute atomic E-state index is 13.8. The molecule has 0 aliphatic carbocycles. The molecule has 4 aromatic heterocycles. The lowest BCUT2D eigenvalue weighted by atomic mass is 9.90. The molecular weight excluding hydrogens is 938 g/mol. The van der Waals surface area contributed by atoms with E-state index in [9.17, 15) is 31.4 Å². The number of aromatic nitrogens is 6. The summed E-state index contributed by atoms with van der Waals surface area (Å²) in [5.41, 5.74) is 3.17. The first-order chi connectivity index (χ1) is 31.2. The lowest BCUT2D eigenvalue weighted by molar-refractivity contribution is 0.0518. The minimum absolute atomic E-state index is 0.158. The second kappa shape index (κ2) is 16.8. The van der Waals surface area contributed by atoms with Crippen LogP contribution in [0.2, 0.25) is 10.0 Å². The van der Waals surface area contributed by atoms with Gasteiger partial charge in [-0.05, 0) is 42.8 Å². The van der Waals surface area contributed by atoms with E-state index in [-0.39, 0.29) is 28.6 Å². The third-order valence-corrected chi connectivity index (χ3v) is 14.1. The molecule has 1 unspecified atom stereocenters. The average molecular weight is 972 g/mol. The lowest BCUT2D eigenvalue weighted by Gasteiger charge is -2.32. The SMILES string of the molecule is CC[C@@]1(O)CC2=C(c3ccn(C(F)F)n3)[C@H](c3ccc(F)cc3Cl)N=C(c3nccs3)N2C1.Fc1ccc([C@@H]2N=C(c3nccs3)N3CC4(CO4)CC3=C2c2ccn(C(F)F)n2)c(Cl)c1. The van der Waals surface area contributed by atoms with E-state index in [0.717, 1.165) is 10.7 Å². The van der Waals surface area contributed by atoms with Crippen molar-refractivity contribution in [2.24, 2.45) is 9.98 Å². The van der Waals surface area contributed by atoms with E-state index in [0.29, 0.717) is 91.4 Å². The number of ether oxygens (including phenoxy) is 1. The quantitative estimate of drug-likeness (QED) is 0.112. The predicted molar refractivity (Wildman–Crippen MR) is 233 cm³/mol. The fourth-order valence-electron chi connectivity index (χ4n) is 8.60. The standard InChI is InChI=1S/C22H19ClF3N5OS.C21H15ClF3N5OS/c1-2-22(32)10-16-17(15-5-7-31(29-15)21(25)26)18(13-4-3-12(24)9-14(13)23)28-19(30(16)11-22)20-27-6-8-33-20;22-13-7-11(23)1-2-12(13)17-16(14-3-5-30(28-14)20(24)25)15-8-21(10-31-21)9-29(15)18(27-17)19-26-4-6-32-19/h3-9,18,21,32H,2,10-11H2,1H3;1-7,17,20H,8-10H2/t18-,22+;17-,21?/m00/s1. The highest BCUT2D eigenvalue weighted by Crippen LogP contribution is 2.52. The van der Waals surface area contributed by atoms with Gasteiger partial charge in [0, 0.05) is 92.1 Å². The van der Waals surface area contributed by atoms with Crippen molar-refractivity contribution in [1.29, 1.82) is 0 Å². The molecule has 11 rings (SSSR count). The molecule has 0 saturated carbocycles. The van der Waals surface area contributed by atoms with Crippen LogP contribution in [0.3, 0.4) is 0 Å². The number of aliphatic hydroxyl groups is 1. The van der Waals surface area contributed by atoms with Crippen molar-refractivity contribution in [3.05, 3.63) is 150 Å². The van der Waals surface area contributed by atoms with Crippen LogP contribution in [0.5, 0.6) is 0 Å². The molecule has 1 N–H and O–H groups in total. The minimum Gasteiger partial charge on any atom is -0.388 e. The number of nitrogens with zero attached hydrogens (tertiary/aromatic N) is 10. The second-order valence-corrected chi connectivity index (χ2v) is 18.5. The summed E-state index contributed by atoms with van der Waals surface area (Å²) in [6, 6.07) is 9.74. The molecule has 3 saturated heterocycles. The molecule has 9 heterocycles. The molecule has 4 atom stereocenters. The Kier molecular flexibility index (Phi) is 11.2. The van der Waals surface area contributed by atoms with Gasteiger partial charge in [-0.1, -0.05) is 42.3 Å². The number of hydrogen-bond donors (Lipinski definition) is 1. The van der Waals surface area contributed by atoms with E-state index in [1.165, 1.54) is 71.5 Å². The monoisotopic (exact) mass is 970 g/mol. The smallest absolute Gasteiger partial charge is 0.333 e. The molecule has 0 bridgehead atoms. The zero-order chi connectivity index (χ0) is 45.4. The van der Waals surface area contributed by atoms with Gasteiger partial charge >= 0.3 is 13.1 Å². The number of thiazole rings is 2. The predicted octanol–water partition coefficient (Wildman–Crippen LogP) is 10.2. The van der Waals surface area contributed by atoms with Crippen molar-refractivity contribution in [3.8, 4) is 0 Å². The normalized spacial score (nSPS) is 23.6. The lowest BCUT2D eigenvalue weighted by Crippen LogP contribution is -2.37. The van der Waals surface area contributed by atoms with E-state index in [4.69, 9.17) is 37.9 Å². The average Bonchev–Trinajstić information content (AvgIpc) is 4.04. The maximum atomic E-state index is 13.8. The maximum Gasteiger partial charge on any atom is 0.333 e. The second-order valence-electron chi connectivity index (χ2n) is 15.9. The van der Waals surface area contributed by atoms with Gasteiger partial charge < -0.3 is 19.6 Å². The van der Waals surface area contributed by atoms with E-state index in [1.807, 2.05) is 27.5 Å². The zero-order valence-electron chi connectivity index (χ0n) is 33.8. The summed E-state index contributed by atoms with van der Waals surface area (Å²) in [5, 5.41) is 24.8. The molecule has 1 spiro atoms. The molecule has 5 aliphatic rings. The van der Waals surface area contributed by atoms with Gasteiger partial charge in [-0.2, -0.15) is 27.8 Å². The number of benzene rings is 2. The molecule has 336 valence electrons. The molecule has 6 aromatic rings. The fourth-order valence-corrected chi connectivity index (χ4v) is 10.4. The first kappa shape index (κ1) is 43.5. The summed E-state index contributed by atoms with van der Waals surface area (Å²) in [6.45, 7) is -2.21. The highest BCUT2D eigenvalue weighted by molar-refractivity contribution is 7.12. The number of amidine groups is 2. The Morgan fingerprint density at radius 1 is 0.738 bits per heavy atom. The van der Waals surface area contributed by atoms with Crippen LogP contribution in [0, 0.1) is 11.6 Å². The van der Waals surface area contributed by atoms with Gasteiger partial charge in [0.15, 0.2) is 21.7 Å². The minimum atomic E-state index is -2.80.